The van der Waals surface area contributed by atoms with Gasteiger partial charge in [0.1, 0.15) is 17.4 Å². The molecule has 174 valence electrons. The van der Waals surface area contributed by atoms with Crippen molar-refractivity contribution in [3.05, 3.63) is 96.8 Å². The third kappa shape index (κ3) is 4.10. The molecule has 4 aromatic rings. The lowest BCUT2D eigenvalue weighted by Crippen LogP contribution is -2.45. The third-order valence-electron chi connectivity index (χ3n) is 5.84. The molecule has 0 spiro atoms. The lowest BCUT2D eigenvalue weighted by atomic mass is 10.1. The van der Waals surface area contributed by atoms with Crippen molar-refractivity contribution in [2.75, 3.05) is 11.4 Å². The standard InChI is InChI=1S/C27H20FN3O4/c1-2-15-30(26(33)18-7-11-19(28)12-8-18)22-16-24(32)31(27(22)34)20-13-9-17(10-14-20)25-29-21-5-3-4-6-23(21)35-25/h2-14,22H,1,15-16H2. The number of rotatable bonds is 6. The number of imide groups is 1. The lowest BCUT2D eigenvalue weighted by molar-refractivity contribution is -0.122. The lowest BCUT2D eigenvalue weighted by Gasteiger charge is -2.26. The zero-order valence-electron chi connectivity index (χ0n) is 18.6. The second-order valence-corrected chi connectivity index (χ2v) is 8.07. The summed E-state index contributed by atoms with van der Waals surface area (Å²) in [5.41, 5.74) is 2.69. The number of amides is 3. The third-order valence-corrected chi connectivity index (χ3v) is 5.84. The Morgan fingerprint density at radius 2 is 1.80 bits per heavy atom. The van der Waals surface area contributed by atoms with Gasteiger partial charge in [-0.3, -0.25) is 14.4 Å². The Bertz CT molecular complexity index is 1410. The molecule has 1 aliphatic rings. The zero-order chi connectivity index (χ0) is 24.5. The van der Waals surface area contributed by atoms with Gasteiger partial charge in [-0.1, -0.05) is 18.2 Å². The van der Waals surface area contributed by atoms with Crippen LogP contribution in [0.25, 0.3) is 22.6 Å². The molecule has 1 saturated heterocycles. The van der Waals surface area contributed by atoms with Crippen molar-refractivity contribution in [1.82, 2.24) is 9.88 Å². The molecule has 7 nitrogen and oxygen atoms in total. The minimum Gasteiger partial charge on any atom is -0.436 e. The maximum absolute atomic E-state index is 13.3. The van der Waals surface area contributed by atoms with Crippen LogP contribution in [-0.4, -0.2) is 40.2 Å². The van der Waals surface area contributed by atoms with Crippen LogP contribution in [0.15, 0.2) is 89.9 Å². The first-order chi connectivity index (χ1) is 17.0. The van der Waals surface area contributed by atoms with Crippen LogP contribution in [0, 0.1) is 5.82 Å². The van der Waals surface area contributed by atoms with Crippen molar-refractivity contribution in [2.24, 2.45) is 0 Å². The average molecular weight is 469 g/mol. The maximum atomic E-state index is 13.3. The highest BCUT2D eigenvalue weighted by Gasteiger charge is 2.44. The predicted molar refractivity (Wildman–Crippen MR) is 128 cm³/mol. The molecular formula is C27H20FN3O4. The summed E-state index contributed by atoms with van der Waals surface area (Å²) >= 11 is 0. The number of anilines is 1. The Morgan fingerprint density at radius 1 is 1.09 bits per heavy atom. The number of halogens is 1. The Labute approximate surface area is 200 Å². The zero-order valence-corrected chi connectivity index (χ0v) is 18.6. The molecule has 2 heterocycles. The Morgan fingerprint density at radius 3 is 2.49 bits per heavy atom. The number of hydrogen-bond acceptors (Lipinski definition) is 5. The van der Waals surface area contributed by atoms with Crippen LogP contribution in [-0.2, 0) is 9.59 Å². The molecule has 1 aliphatic heterocycles. The number of carbonyl (C=O) groups excluding carboxylic acids is 3. The molecule has 0 aliphatic carbocycles. The first-order valence-corrected chi connectivity index (χ1v) is 11.0. The van der Waals surface area contributed by atoms with Gasteiger partial charge in [-0.15, -0.1) is 6.58 Å². The highest BCUT2D eigenvalue weighted by atomic mass is 19.1. The summed E-state index contributed by atoms with van der Waals surface area (Å²) in [6, 6.07) is 18.2. The van der Waals surface area contributed by atoms with Gasteiger partial charge in [-0.05, 0) is 60.7 Å². The molecule has 3 aromatic carbocycles. The van der Waals surface area contributed by atoms with E-state index >= 15 is 0 Å². The van der Waals surface area contributed by atoms with E-state index in [-0.39, 0.29) is 18.5 Å². The minimum absolute atomic E-state index is 0.0599. The van der Waals surface area contributed by atoms with Crippen molar-refractivity contribution in [3.63, 3.8) is 0 Å². The fourth-order valence-electron chi connectivity index (χ4n) is 4.13. The van der Waals surface area contributed by atoms with Gasteiger partial charge in [0.05, 0.1) is 12.1 Å². The summed E-state index contributed by atoms with van der Waals surface area (Å²) in [5.74, 6) is -1.46. The second kappa shape index (κ2) is 8.98. The van der Waals surface area contributed by atoms with Crippen molar-refractivity contribution in [1.29, 1.82) is 0 Å². The quantitative estimate of drug-likeness (QED) is 0.305. The van der Waals surface area contributed by atoms with Gasteiger partial charge in [0.25, 0.3) is 11.8 Å². The Hall–Kier alpha value is -4.59. The first-order valence-electron chi connectivity index (χ1n) is 11.0. The highest BCUT2D eigenvalue weighted by molar-refractivity contribution is 6.23. The van der Waals surface area contributed by atoms with E-state index < -0.39 is 29.6 Å². The summed E-state index contributed by atoms with van der Waals surface area (Å²) in [7, 11) is 0. The summed E-state index contributed by atoms with van der Waals surface area (Å²) in [4.78, 5) is 46.0. The number of para-hydroxylation sites is 2. The van der Waals surface area contributed by atoms with Gasteiger partial charge in [0, 0.05) is 17.7 Å². The number of fused-ring (bicyclic) bond motifs is 1. The van der Waals surface area contributed by atoms with Crippen LogP contribution in [0.3, 0.4) is 0 Å². The smallest absolute Gasteiger partial charge is 0.257 e. The summed E-state index contributed by atoms with van der Waals surface area (Å²) in [6.07, 6.45) is 1.32. The number of carbonyl (C=O) groups is 3. The molecule has 0 radical (unpaired) electrons. The molecule has 0 bridgehead atoms. The molecule has 1 atom stereocenters. The molecule has 8 heteroatoms. The van der Waals surface area contributed by atoms with Crippen molar-refractivity contribution < 1.29 is 23.2 Å². The van der Waals surface area contributed by atoms with E-state index in [1.165, 1.54) is 35.2 Å². The number of hydrogen-bond donors (Lipinski definition) is 0. The van der Waals surface area contributed by atoms with Crippen LogP contribution in [0.4, 0.5) is 10.1 Å². The number of benzene rings is 3. The fourth-order valence-corrected chi connectivity index (χ4v) is 4.13. The monoisotopic (exact) mass is 469 g/mol. The van der Waals surface area contributed by atoms with E-state index in [1.807, 2.05) is 24.3 Å². The van der Waals surface area contributed by atoms with E-state index in [4.69, 9.17) is 4.42 Å². The summed E-state index contributed by atoms with van der Waals surface area (Å²) in [5, 5.41) is 0. The van der Waals surface area contributed by atoms with Crippen LogP contribution in [0.2, 0.25) is 0 Å². The highest BCUT2D eigenvalue weighted by Crippen LogP contribution is 2.30. The predicted octanol–water partition coefficient (Wildman–Crippen LogP) is 4.59. The molecule has 0 saturated carbocycles. The van der Waals surface area contributed by atoms with E-state index in [0.29, 0.717) is 22.7 Å². The number of nitrogens with zero attached hydrogens (tertiary/aromatic N) is 3. The van der Waals surface area contributed by atoms with Gasteiger partial charge >= 0.3 is 0 Å². The van der Waals surface area contributed by atoms with Crippen molar-refractivity contribution in [2.45, 2.75) is 12.5 Å². The summed E-state index contributed by atoms with van der Waals surface area (Å²) in [6.45, 7) is 3.72. The molecule has 1 aromatic heterocycles. The van der Waals surface area contributed by atoms with Gasteiger partial charge < -0.3 is 9.32 Å². The van der Waals surface area contributed by atoms with Gasteiger partial charge in [-0.2, -0.15) is 0 Å². The van der Waals surface area contributed by atoms with E-state index in [1.54, 1.807) is 24.3 Å². The Kier molecular flexibility index (Phi) is 5.70. The van der Waals surface area contributed by atoms with Crippen molar-refractivity contribution >= 4 is 34.5 Å². The SMILES string of the molecule is C=CCN(C(=O)c1ccc(F)cc1)C1CC(=O)N(c2ccc(-c3nc4ccccc4o3)cc2)C1=O. The molecule has 3 amide bonds. The van der Waals surface area contributed by atoms with Gasteiger partial charge in [0.15, 0.2) is 5.58 Å². The van der Waals surface area contributed by atoms with E-state index in [0.717, 1.165) is 10.4 Å². The first kappa shape index (κ1) is 22.2. The largest absolute Gasteiger partial charge is 0.436 e. The second-order valence-electron chi connectivity index (χ2n) is 8.07. The minimum atomic E-state index is -0.991. The molecule has 1 unspecified atom stereocenters. The van der Waals surface area contributed by atoms with Crippen LogP contribution in [0.5, 0.6) is 0 Å². The van der Waals surface area contributed by atoms with Gasteiger partial charge in [-0.25, -0.2) is 14.3 Å². The summed E-state index contributed by atoms with van der Waals surface area (Å²) < 4.78 is 19.1. The number of oxazole rings is 1. The normalized spacial score (nSPS) is 15.6. The van der Waals surface area contributed by atoms with Gasteiger partial charge in [0.2, 0.25) is 11.8 Å². The molecular weight excluding hydrogens is 449 g/mol. The molecule has 1 fully saturated rings. The topological polar surface area (TPSA) is 83.7 Å². The fraction of sp³-hybridized carbons (Fsp3) is 0.111. The average Bonchev–Trinajstić information content (AvgIpc) is 3.43. The van der Waals surface area contributed by atoms with Crippen LogP contribution >= 0.6 is 0 Å². The molecule has 0 N–H and O–H groups in total. The van der Waals surface area contributed by atoms with E-state index in [2.05, 4.69) is 11.6 Å². The van der Waals surface area contributed by atoms with Crippen LogP contribution in [0.1, 0.15) is 16.8 Å². The van der Waals surface area contributed by atoms with E-state index in [9.17, 15) is 18.8 Å². The van der Waals surface area contributed by atoms with Crippen LogP contribution < -0.4 is 4.90 Å². The van der Waals surface area contributed by atoms with Crippen molar-refractivity contribution in [3.8, 4) is 11.5 Å². The molecule has 5 rings (SSSR count). The maximum Gasteiger partial charge on any atom is 0.257 e. The molecule has 35 heavy (non-hydrogen) atoms. The number of aromatic nitrogens is 1. The Balaban J connectivity index is 1.39.